The van der Waals surface area contributed by atoms with E-state index in [0.717, 1.165) is 58.7 Å². The summed E-state index contributed by atoms with van der Waals surface area (Å²) < 4.78 is 5.77. The Labute approximate surface area is 174 Å². The predicted octanol–water partition coefficient (Wildman–Crippen LogP) is 1.76. The molecule has 3 heterocycles. The van der Waals surface area contributed by atoms with Crippen LogP contribution in [0.4, 0.5) is 4.79 Å². The average molecular weight is 411 g/mol. The van der Waals surface area contributed by atoms with E-state index < -0.39 is 5.97 Å². The zero-order valence-electron chi connectivity index (χ0n) is 18.5. The standard InChI is InChI=1S/C21H38N4O4/c1-16-19(23-13-11-22(12-14-23)8-7-18(26)27)29-20(28)25(16)15-17-5-9-24(10-6-17)21(2,3)4/h16-17,19H,5-15H2,1-4H3,(H,26,27). The van der Waals surface area contributed by atoms with Crippen molar-refractivity contribution in [3.63, 3.8) is 0 Å². The molecule has 0 aromatic rings. The molecule has 29 heavy (non-hydrogen) atoms. The minimum atomic E-state index is -0.755. The van der Waals surface area contributed by atoms with Gasteiger partial charge in [-0.15, -0.1) is 0 Å². The van der Waals surface area contributed by atoms with Crippen molar-refractivity contribution in [1.82, 2.24) is 19.6 Å². The van der Waals surface area contributed by atoms with E-state index in [0.29, 0.717) is 12.5 Å². The second kappa shape index (κ2) is 9.18. The summed E-state index contributed by atoms with van der Waals surface area (Å²) in [6.45, 7) is 15.7. The molecule has 3 rings (SSSR count). The SMILES string of the molecule is CC1C(N2CCN(CCC(=O)O)CC2)OC(=O)N1CC1CCN(C(C)(C)C)CC1. The molecule has 3 aliphatic heterocycles. The summed E-state index contributed by atoms with van der Waals surface area (Å²) in [6, 6.07) is 0.0497. The summed E-state index contributed by atoms with van der Waals surface area (Å²) >= 11 is 0. The number of rotatable bonds is 6. The molecule has 8 nitrogen and oxygen atoms in total. The van der Waals surface area contributed by atoms with Crippen LogP contribution in [0, 0.1) is 5.92 Å². The highest BCUT2D eigenvalue weighted by Crippen LogP contribution is 2.29. The van der Waals surface area contributed by atoms with Gasteiger partial charge in [0.15, 0.2) is 6.23 Å². The molecule has 166 valence electrons. The van der Waals surface area contributed by atoms with E-state index in [1.54, 1.807) is 0 Å². The van der Waals surface area contributed by atoms with Crippen LogP contribution in [-0.2, 0) is 9.53 Å². The van der Waals surface area contributed by atoms with Gasteiger partial charge in [0, 0.05) is 44.8 Å². The van der Waals surface area contributed by atoms with Crippen LogP contribution in [0.15, 0.2) is 0 Å². The predicted molar refractivity (Wildman–Crippen MR) is 111 cm³/mol. The molecule has 0 aromatic heterocycles. The number of carboxylic acids is 1. The van der Waals surface area contributed by atoms with Gasteiger partial charge in [0.2, 0.25) is 0 Å². The highest BCUT2D eigenvalue weighted by atomic mass is 16.6. The Hall–Kier alpha value is -1.38. The molecule has 0 radical (unpaired) electrons. The zero-order chi connectivity index (χ0) is 21.2. The van der Waals surface area contributed by atoms with Crippen molar-refractivity contribution in [2.45, 2.75) is 64.8 Å². The van der Waals surface area contributed by atoms with Gasteiger partial charge in [0.25, 0.3) is 0 Å². The van der Waals surface area contributed by atoms with E-state index in [1.807, 2.05) is 4.90 Å². The lowest BCUT2D eigenvalue weighted by Crippen LogP contribution is -2.54. The molecular formula is C21H38N4O4. The Balaban J connectivity index is 1.47. The third kappa shape index (κ3) is 5.61. The highest BCUT2D eigenvalue weighted by molar-refractivity contribution is 5.70. The van der Waals surface area contributed by atoms with E-state index in [2.05, 4.69) is 42.4 Å². The van der Waals surface area contributed by atoms with Crippen LogP contribution < -0.4 is 0 Å². The van der Waals surface area contributed by atoms with Crippen LogP contribution in [0.25, 0.3) is 0 Å². The smallest absolute Gasteiger partial charge is 0.411 e. The first-order valence-corrected chi connectivity index (χ1v) is 11.1. The lowest BCUT2D eigenvalue weighted by Gasteiger charge is -2.42. The maximum absolute atomic E-state index is 12.6. The summed E-state index contributed by atoms with van der Waals surface area (Å²) in [5, 5.41) is 8.85. The number of aliphatic carboxylic acids is 1. The second-order valence-corrected chi connectivity index (χ2v) is 9.79. The van der Waals surface area contributed by atoms with Crippen molar-refractivity contribution in [3.8, 4) is 0 Å². The number of hydrogen-bond acceptors (Lipinski definition) is 6. The minimum absolute atomic E-state index is 0.0497. The van der Waals surface area contributed by atoms with E-state index in [-0.39, 0.29) is 30.3 Å². The fourth-order valence-electron chi connectivity index (χ4n) is 4.77. The van der Waals surface area contributed by atoms with Crippen molar-refractivity contribution in [3.05, 3.63) is 0 Å². The number of cyclic esters (lactones) is 1. The Morgan fingerprint density at radius 1 is 1.10 bits per heavy atom. The Morgan fingerprint density at radius 3 is 2.28 bits per heavy atom. The first-order valence-electron chi connectivity index (χ1n) is 11.1. The summed E-state index contributed by atoms with van der Waals surface area (Å²) in [7, 11) is 0. The highest BCUT2D eigenvalue weighted by Gasteiger charge is 2.43. The van der Waals surface area contributed by atoms with Gasteiger partial charge in [-0.2, -0.15) is 0 Å². The van der Waals surface area contributed by atoms with Crippen molar-refractivity contribution >= 4 is 12.1 Å². The Bertz CT molecular complexity index is 578. The van der Waals surface area contributed by atoms with Gasteiger partial charge in [-0.25, -0.2) is 4.79 Å². The quantitative estimate of drug-likeness (QED) is 0.715. The number of piperazine rings is 1. The molecule has 0 aliphatic carbocycles. The second-order valence-electron chi connectivity index (χ2n) is 9.79. The number of piperidine rings is 1. The molecule has 3 fully saturated rings. The van der Waals surface area contributed by atoms with Crippen LogP contribution >= 0.6 is 0 Å². The average Bonchev–Trinajstić information content (AvgIpc) is 2.95. The van der Waals surface area contributed by atoms with Gasteiger partial charge in [0.05, 0.1) is 12.5 Å². The molecule has 1 N–H and O–H groups in total. The lowest BCUT2D eigenvalue weighted by atomic mass is 9.92. The van der Waals surface area contributed by atoms with Crippen LogP contribution in [0.3, 0.4) is 0 Å². The number of hydrogen-bond donors (Lipinski definition) is 1. The van der Waals surface area contributed by atoms with Crippen molar-refractivity contribution in [1.29, 1.82) is 0 Å². The molecule has 8 heteroatoms. The van der Waals surface area contributed by atoms with Gasteiger partial charge < -0.3 is 19.6 Å². The number of carboxylic acid groups (broad SMARTS) is 1. The first-order chi connectivity index (χ1) is 13.6. The number of carbonyl (C=O) groups is 2. The summed E-state index contributed by atoms with van der Waals surface area (Å²) in [5.41, 5.74) is 0.211. The van der Waals surface area contributed by atoms with Crippen LogP contribution in [0.2, 0.25) is 0 Å². The third-order valence-electron chi connectivity index (χ3n) is 6.79. The van der Waals surface area contributed by atoms with Gasteiger partial charge >= 0.3 is 12.1 Å². The maximum atomic E-state index is 12.6. The fraction of sp³-hybridized carbons (Fsp3) is 0.905. The largest absolute Gasteiger partial charge is 0.481 e. The van der Waals surface area contributed by atoms with E-state index in [1.165, 1.54) is 0 Å². The molecule has 1 amide bonds. The normalized spacial score (nSPS) is 28.7. The monoisotopic (exact) mass is 410 g/mol. The van der Waals surface area contributed by atoms with Crippen molar-refractivity contribution < 1.29 is 19.4 Å². The molecule has 0 bridgehead atoms. The molecule has 2 atom stereocenters. The topological polar surface area (TPSA) is 76.6 Å². The number of carbonyl (C=O) groups excluding carboxylic acids is 1. The van der Waals surface area contributed by atoms with Gasteiger partial charge in [-0.3, -0.25) is 14.6 Å². The van der Waals surface area contributed by atoms with Crippen LogP contribution in [0.5, 0.6) is 0 Å². The van der Waals surface area contributed by atoms with Crippen LogP contribution in [-0.4, -0.2) is 107 Å². The van der Waals surface area contributed by atoms with E-state index in [4.69, 9.17) is 9.84 Å². The number of likely N-dealkylation sites (tertiary alicyclic amines) is 1. The molecule has 2 unspecified atom stereocenters. The van der Waals surface area contributed by atoms with Gasteiger partial charge in [-0.1, -0.05) is 0 Å². The van der Waals surface area contributed by atoms with Crippen molar-refractivity contribution in [2.75, 3.05) is 52.4 Å². The van der Waals surface area contributed by atoms with Crippen LogP contribution in [0.1, 0.15) is 47.0 Å². The summed E-state index contributed by atoms with van der Waals surface area (Å²) in [4.78, 5) is 32.2. The number of ether oxygens (including phenoxy) is 1. The number of amides is 1. The molecular weight excluding hydrogens is 372 g/mol. The van der Waals surface area contributed by atoms with E-state index >= 15 is 0 Å². The minimum Gasteiger partial charge on any atom is -0.481 e. The molecule has 0 spiro atoms. The first kappa shape index (κ1) is 22.3. The zero-order valence-corrected chi connectivity index (χ0v) is 18.5. The summed E-state index contributed by atoms with van der Waals surface area (Å²) in [6.07, 6.45) is 2.05. The molecule has 0 saturated carbocycles. The lowest BCUT2D eigenvalue weighted by molar-refractivity contribution is -0.137. The third-order valence-corrected chi connectivity index (χ3v) is 6.79. The fourth-order valence-corrected chi connectivity index (χ4v) is 4.77. The van der Waals surface area contributed by atoms with Gasteiger partial charge in [-0.05, 0) is 59.5 Å². The molecule has 3 saturated heterocycles. The number of nitrogens with zero attached hydrogens (tertiary/aromatic N) is 4. The maximum Gasteiger partial charge on any atom is 0.411 e. The van der Waals surface area contributed by atoms with Crippen molar-refractivity contribution in [2.24, 2.45) is 5.92 Å². The van der Waals surface area contributed by atoms with Gasteiger partial charge in [0.1, 0.15) is 0 Å². The summed E-state index contributed by atoms with van der Waals surface area (Å²) in [5.74, 6) is -0.218. The Morgan fingerprint density at radius 2 is 1.72 bits per heavy atom. The molecule has 3 aliphatic rings. The molecule has 0 aromatic carbocycles. The Kier molecular flexibility index (Phi) is 7.06. The van der Waals surface area contributed by atoms with E-state index in [9.17, 15) is 9.59 Å².